The van der Waals surface area contributed by atoms with Crippen LogP contribution in [0, 0.1) is 17.3 Å². The van der Waals surface area contributed by atoms with Gasteiger partial charge in [0.1, 0.15) is 0 Å². The van der Waals surface area contributed by atoms with E-state index in [4.69, 9.17) is 0 Å². The summed E-state index contributed by atoms with van der Waals surface area (Å²) in [6, 6.07) is 0. The fourth-order valence-electron chi connectivity index (χ4n) is 3.45. The molecule has 1 nitrogen and oxygen atoms in total. The predicted molar refractivity (Wildman–Crippen MR) is 54.9 cm³/mol. The first kappa shape index (κ1) is 10.0. The summed E-state index contributed by atoms with van der Waals surface area (Å²) in [5.74, 6) is -1.95. The van der Waals surface area contributed by atoms with Crippen molar-refractivity contribution in [1.29, 1.82) is 0 Å². The van der Waals surface area contributed by atoms with Crippen molar-refractivity contribution in [2.75, 3.05) is 19.6 Å². The summed E-state index contributed by atoms with van der Waals surface area (Å²) in [7, 11) is 0. The molecule has 1 spiro atoms. The second-order valence-corrected chi connectivity index (χ2v) is 5.97. The molecule has 86 valence electrons. The van der Waals surface area contributed by atoms with Crippen LogP contribution in [0.4, 0.5) is 8.78 Å². The predicted octanol–water partition coefficient (Wildman–Crippen LogP) is 2.76. The molecule has 2 aliphatic carbocycles. The van der Waals surface area contributed by atoms with Gasteiger partial charge in [-0.3, -0.25) is 0 Å². The van der Waals surface area contributed by atoms with E-state index in [0.717, 1.165) is 19.0 Å². The van der Waals surface area contributed by atoms with Gasteiger partial charge in [0.2, 0.25) is 0 Å². The van der Waals surface area contributed by atoms with Crippen LogP contribution in [-0.2, 0) is 0 Å². The number of rotatable bonds is 2. The third-order valence-corrected chi connectivity index (χ3v) is 4.90. The summed E-state index contributed by atoms with van der Waals surface area (Å²) in [5.41, 5.74) is 0.518. The van der Waals surface area contributed by atoms with Crippen LogP contribution in [0.15, 0.2) is 0 Å². The Morgan fingerprint density at radius 2 is 2.00 bits per heavy atom. The summed E-state index contributed by atoms with van der Waals surface area (Å²) in [6.45, 7) is 5.07. The van der Waals surface area contributed by atoms with E-state index in [9.17, 15) is 8.78 Å². The highest BCUT2D eigenvalue weighted by atomic mass is 19.3. The fraction of sp³-hybridized carbons (Fsp3) is 1.00. The lowest BCUT2D eigenvalue weighted by Gasteiger charge is -2.41. The molecule has 2 unspecified atom stereocenters. The van der Waals surface area contributed by atoms with E-state index in [1.807, 2.05) is 0 Å². The highest BCUT2D eigenvalue weighted by Gasteiger charge is 2.58. The standard InChI is InChI=1S/C12H19F2N/c1-9-6-15(7-10-5-12(10,13)14)8-11(9)3-2-4-11/h9-10H,2-8H2,1H3. The third-order valence-electron chi connectivity index (χ3n) is 4.90. The lowest BCUT2D eigenvalue weighted by Crippen LogP contribution is -2.36. The molecule has 3 aliphatic rings. The zero-order valence-corrected chi connectivity index (χ0v) is 9.31. The van der Waals surface area contributed by atoms with Crippen LogP contribution in [0.2, 0.25) is 0 Å². The Balaban J connectivity index is 1.57. The normalized spacial score (nSPS) is 41.8. The molecule has 2 saturated carbocycles. The van der Waals surface area contributed by atoms with E-state index in [1.54, 1.807) is 0 Å². The molecule has 0 aromatic carbocycles. The number of halogens is 2. The van der Waals surface area contributed by atoms with Gasteiger partial charge >= 0.3 is 0 Å². The van der Waals surface area contributed by atoms with E-state index < -0.39 is 5.92 Å². The molecule has 1 saturated heterocycles. The number of hydrogen-bond donors (Lipinski definition) is 0. The van der Waals surface area contributed by atoms with Gasteiger partial charge in [0, 0.05) is 32.0 Å². The van der Waals surface area contributed by atoms with Crippen LogP contribution in [0.5, 0.6) is 0 Å². The van der Waals surface area contributed by atoms with Crippen molar-refractivity contribution < 1.29 is 8.78 Å². The van der Waals surface area contributed by atoms with Gasteiger partial charge in [0.25, 0.3) is 5.92 Å². The number of hydrogen-bond acceptors (Lipinski definition) is 1. The SMILES string of the molecule is CC1CN(CC2CC2(F)F)CC12CCC2. The van der Waals surface area contributed by atoms with Crippen molar-refractivity contribution in [2.24, 2.45) is 17.3 Å². The molecular formula is C12H19F2N. The smallest absolute Gasteiger partial charge is 0.252 e. The minimum absolute atomic E-state index is 0.130. The van der Waals surface area contributed by atoms with Crippen LogP contribution in [-0.4, -0.2) is 30.5 Å². The fourth-order valence-corrected chi connectivity index (χ4v) is 3.45. The Kier molecular flexibility index (Phi) is 1.96. The van der Waals surface area contributed by atoms with Crippen molar-refractivity contribution >= 4 is 0 Å². The Morgan fingerprint density at radius 3 is 2.40 bits per heavy atom. The highest BCUT2D eigenvalue weighted by Crippen LogP contribution is 2.54. The molecule has 1 heterocycles. The lowest BCUT2D eigenvalue weighted by atomic mass is 9.63. The molecule has 0 aromatic rings. The second kappa shape index (κ2) is 2.93. The average molecular weight is 215 g/mol. The van der Waals surface area contributed by atoms with Crippen LogP contribution in [0.25, 0.3) is 0 Å². The van der Waals surface area contributed by atoms with E-state index >= 15 is 0 Å². The van der Waals surface area contributed by atoms with Crippen LogP contribution in [0.1, 0.15) is 32.6 Å². The summed E-state index contributed by atoms with van der Waals surface area (Å²) >= 11 is 0. The maximum absolute atomic E-state index is 12.8. The van der Waals surface area contributed by atoms with Crippen LogP contribution >= 0.6 is 0 Å². The number of nitrogens with zero attached hydrogens (tertiary/aromatic N) is 1. The molecule has 1 aliphatic heterocycles. The van der Waals surface area contributed by atoms with E-state index in [1.165, 1.54) is 19.3 Å². The van der Waals surface area contributed by atoms with Crippen molar-refractivity contribution in [3.8, 4) is 0 Å². The van der Waals surface area contributed by atoms with Gasteiger partial charge in [0.15, 0.2) is 0 Å². The summed E-state index contributed by atoms with van der Waals surface area (Å²) in [5, 5.41) is 0. The average Bonchev–Trinajstić information content (AvgIpc) is 2.54. The zero-order chi connectivity index (χ0) is 10.7. The van der Waals surface area contributed by atoms with E-state index in [2.05, 4.69) is 11.8 Å². The molecule has 0 radical (unpaired) electrons. The molecule has 0 N–H and O–H groups in total. The molecular weight excluding hydrogens is 196 g/mol. The van der Waals surface area contributed by atoms with Gasteiger partial charge in [-0.05, 0) is 24.2 Å². The van der Waals surface area contributed by atoms with Gasteiger partial charge in [-0.25, -0.2) is 8.78 Å². The van der Waals surface area contributed by atoms with Gasteiger partial charge < -0.3 is 4.90 Å². The van der Waals surface area contributed by atoms with Crippen molar-refractivity contribution in [1.82, 2.24) is 4.90 Å². The van der Waals surface area contributed by atoms with Crippen molar-refractivity contribution in [3.63, 3.8) is 0 Å². The minimum Gasteiger partial charge on any atom is -0.302 e. The zero-order valence-electron chi connectivity index (χ0n) is 9.31. The van der Waals surface area contributed by atoms with Crippen LogP contribution in [0.3, 0.4) is 0 Å². The molecule has 15 heavy (non-hydrogen) atoms. The van der Waals surface area contributed by atoms with Gasteiger partial charge in [0.05, 0.1) is 0 Å². The topological polar surface area (TPSA) is 3.24 Å². The van der Waals surface area contributed by atoms with Crippen molar-refractivity contribution in [2.45, 2.75) is 38.5 Å². The Hall–Kier alpha value is -0.180. The first-order valence-corrected chi connectivity index (χ1v) is 6.12. The first-order chi connectivity index (χ1) is 7.02. The van der Waals surface area contributed by atoms with E-state index in [-0.39, 0.29) is 12.3 Å². The molecule has 2 atom stereocenters. The number of alkyl halides is 2. The minimum atomic E-state index is -2.33. The molecule has 0 amide bonds. The van der Waals surface area contributed by atoms with Crippen LogP contribution < -0.4 is 0 Å². The summed E-state index contributed by atoms with van der Waals surface area (Å²) in [4.78, 5) is 2.29. The molecule has 3 heteroatoms. The maximum atomic E-state index is 12.8. The van der Waals surface area contributed by atoms with Gasteiger partial charge in [-0.1, -0.05) is 13.3 Å². The third kappa shape index (κ3) is 1.50. The maximum Gasteiger partial charge on any atom is 0.252 e. The summed E-state index contributed by atoms with van der Waals surface area (Å²) in [6.07, 6.45) is 4.13. The molecule has 3 fully saturated rings. The molecule has 0 bridgehead atoms. The second-order valence-electron chi connectivity index (χ2n) is 5.97. The summed E-state index contributed by atoms with van der Waals surface area (Å²) < 4.78 is 25.6. The Morgan fingerprint density at radius 1 is 1.33 bits per heavy atom. The molecule has 0 aromatic heterocycles. The highest BCUT2D eigenvalue weighted by molar-refractivity contribution is 5.03. The number of likely N-dealkylation sites (tertiary alicyclic amines) is 1. The monoisotopic (exact) mass is 215 g/mol. The van der Waals surface area contributed by atoms with Gasteiger partial charge in [-0.2, -0.15) is 0 Å². The van der Waals surface area contributed by atoms with Crippen molar-refractivity contribution in [3.05, 3.63) is 0 Å². The first-order valence-electron chi connectivity index (χ1n) is 6.12. The van der Waals surface area contributed by atoms with E-state index in [0.29, 0.717) is 12.0 Å². The Labute approximate surface area is 89.8 Å². The Bertz CT molecular complexity index is 273. The quantitative estimate of drug-likeness (QED) is 0.684. The molecule has 3 rings (SSSR count). The lowest BCUT2D eigenvalue weighted by molar-refractivity contribution is 0.0802. The van der Waals surface area contributed by atoms with Gasteiger partial charge in [-0.15, -0.1) is 0 Å². The largest absolute Gasteiger partial charge is 0.302 e.